The second-order valence-electron chi connectivity index (χ2n) is 5.18. The van der Waals surface area contributed by atoms with E-state index in [2.05, 4.69) is 38.7 Å². The first-order chi connectivity index (χ1) is 9.28. The third-order valence-electron chi connectivity index (χ3n) is 3.75. The lowest BCUT2D eigenvalue weighted by Crippen LogP contribution is -2.26. The van der Waals surface area contributed by atoms with E-state index in [1.807, 2.05) is 0 Å². The van der Waals surface area contributed by atoms with Crippen LogP contribution in [0.15, 0.2) is 11.4 Å². The van der Waals surface area contributed by atoms with Crippen molar-refractivity contribution in [1.82, 2.24) is 9.97 Å². The molecule has 3 rings (SSSR count). The van der Waals surface area contributed by atoms with Gasteiger partial charge in [-0.3, -0.25) is 5.43 Å². The van der Waals surface area contributed by atoms with Gasteiger partial charge in [-0.2, -0.15) is 4.98 Å². The second-order valence-corrected chi connectivity index (χ2v) is 6.07. The van der Waals surface area contributed by atoms with Crippen molar-refractivity contribution < 1.29 is 0 Å². The highest BCUT2D eigenvalue weighted by Crippen LogP contribution is 2.30. The molecule has 102 valence electrons. The van der Waals surface area contributed by atoms with Gasteiger partial charge >= 0.3 is 0 Å². The number of anilines is 2. The predicted octanol–water partition coefficient (Wildman–Crippen LogP) is 2.60. The third kappa shape index (κ3) is 2.50. The number of fused-ring (bicyclic) bond motifs is 1. The molecule has 0 radical (unpaired) electrons. The molecule has 0 bridgehead atoms. The number of nitrogens with one attached hydrogen (secondary N) is 1. The predicted molar refractivity (Wildman–Crippen MR) is 80.5 cm³/mol. The number of hydrazine groups is 1. The van der Waals surface area contributed by atoms with Crippen LogP contribution in [0.4, 0.5) is 11.8 Å². The maximum Gasteiger partial charge on any atom is 0.240 e. The zero-order valence-electron chi connectivity index (χ0n) is 11.1. The van der Waals surface area contributed by atoms with E-state index in [1.165, 1.54) is 19.3 Å². The number of aromatic nitrogens is 2. The van der Waals surface area contributed by atoms with Gasteiger partial charge < -0.3 is 4.90 Å². The lowest BCUT2D eigenvalue weighted by Gasteiger charge is -2.22. The lowest BCUT2D eigenvalue weighted by atomic mass is 10.0. The van der Waals surface area contributed by atoms with Gasteiger partial charge in [0.25, 0.3) is 0 Å². The van der Waals surface area contributed by atoms with E-state index in [0.717, 1.165) is 35.0 Å². The zero-order chi connectivity index (χ0) is 13.2. The average molecular weight is 277 g/mol. The second kappa shape index (κ2) is 5.30. The van der Waals surface area contributed by atoms with Gasteiger partial charge in [0.05, 0.1) is 5.39 Å². The van der Waals surface area contributed by atoms with Gasteiger partial charge in [-0.25, -0.2) is 10.8 Å². The van der Waals surface area contributed by atoms with E-state index in [-0.39, 0.29) is 0 Å². The lowest BCUT2D eigenvalue weighted by molar-refractivity contribution is 0.521. The molecule has 1 atom stereocenters. The Kier molecular flexibility index (Phi) is 3.52. The van der Waals surface area contributed by atoms with Crippen molar-refractivity contribution in [3.8, 4) is 0 Å². The number of hydrogen-bond acceptors (Lipinski definition) is 6. The number of hydrogen-bond donors (Lipinski definition) is 2. The Labute approximate surface area is 116 Å². The normalized spacial score (nSPS) is 20.5. The summed E-state index contributed by atoms with van der Waals surface area (Å²) >= 11 is 1.63. The standard InChI is InChI=1S/C13H19N5S/c1-9-3-2-6-18(7-4-9)11-10-5-8-19-12(10)16-13(15-11)17-14/h5,8-9H,2-4,6-7,14H2,1H3,(H,15,16,17). The van der Waals surface area contributed by atoms with E-state index in [1.54, 1.807) is 11.3 Å². The fourth-order valence-corrected chi connectivity index (χ4v) is 3.38. The Hall–Kier alpha value is -1.40. The molecular weight excluding hydrogens is 258 g/mol. The molecule has 0 aromatic carbocycles. The summed E-state index contributed by atoms with van der Waals surface area (Å²) in [5.41, 5.74) is 2.57. The van der Waals surface area contributed by atoms with Crippen LogP contribution in [0.1, 0.15) is 26.2 Å². The molecule has 19 heavy (non-hydrogen) atoms. The van der Waals surface area contributed by atoms with Crippen LogP contribution in [-0.4, -0.2) is 23.1 Å². The van der Waals surface area contributed by atoms with E-state index < -0.39 is 0 Å². The summed E-state index contributed by atoms with van der Waals surface area (Å²) in [5.74, 6) is 7.80. The average Bonchev–Trinajstić information content (AvgIpc) is 2.79. The SMILES string of the molecule is CC1CCCN(c2nc(NN)nc3sccc23)CC1. The Morgan fingerprint density at radius 2 is 2.26 bits per heavy atom. The molecule has 2 aromatic heterocycles. The molecule has 1 saturated heterocycles. The molecule has 1 aliphatic heterocycles. The van der Waals surface area contributed by atoms with Crippen LogP contribution in [0.25, 0.3) is 10.2 Å². The smallest absolute Gasteiger partial charge is 0.240 e. The fourth-order valence-electron chi connectivity index (χ4n) is 2.62. The molecule has 3 heterocycles. The highest BCUT2D eigenvalue weighted by Gasteiger charge is 2.18. The minimum atomic E-state index is 0.502. The first kappa shape index (κ1) is 12.6. The summed E-state index contributed by atoms with van der Waals surface area (Å²) < 4.78 is 0. The summed E-state index contributed by atoms with van der Waals surface area (Å²) in [6.45, 7) is 4.46. The van der Waals surface area contributed by atoms with Crippen LogP contribution in [0.3, 0.4) is 0 Å². The molecule has 3 N–H and O–H groups in total. The molecule has 0 aliphatic carbocycles. The molecule has 5 nitrogen and oxygen atoms in total. The minimum Gasteiger partial charge on any atom is -0.356 e. The van der Waals surface area contributed by atoms with Crippen LogP contribution in [0, 0.1) is 5.92 Å². The molecule has 0 amide bonds. The monoisotopic (exact) mass is 277 g/mol. The number of thiophene rings is 1. The maximum atomic E-state index is 5.47. The summed E-state index contributed by atoms with van der Waals surface area (Å²) in [4.78, 5) is 12.3. The first-order valence-corrected chi connectivity index (χ1v) is 7.62. The van der Waals surface area contributed by atoms with Gasteiger partial charge in [-0.05, 0) is 36.6 Å². The zero-order valence-corrected chi connectivity index (χ0v) is 11.9. The van der Waals surface area contributed by atoms with E-state index in [0.29, 0.717) is 5.95 Å². The van der Waals surface area contributed by atoms with Gasteiger partial charge in [0.1, 0.15) is 10.6 Å². The first-order valence-electron chi connectivity index (χ1n) is 6.74. The van der Waals surface area contributed by atoms with Gasteiger partial charge in [0, 0.05) is 13.1 Å². The highest BCUT2D eigenvalue weighted by molar-refractivity contribution is 7.16. The van der Waals surface area contributed by atoms with Crippen LogP contribution >= 0.6 is 11.3 Å². The maximum absolute atomic E-state index is 5.47. The molecule has 1 fully saturated rings. The van der Waals surface area contributed by atoms with Crippen LogP contribution in [-0.2, 0) is 0 Å². The fraction of sp³-hybridized carbons (Fsp3) is 0.538. The summed E-state index contributed by atoms with van der Waals surface area (Å²) in [7, 11) is 0. The van der Waals surface area contributed by atoms with Crippen molar-refractivity contribution in [2.24, 2.45) is 11.8 Å². The molecule has 2 aromatic rings. The topological polar surface area (TPSA) is 67.1 Å². The van der Waals surface area contributed by atoms with Crippen molar-refractivity contribution in [3.63, 3.8) is 0 Å². The van der Waals surface area contributed by atoms with Crippen molar-refractivity contribution in [3.05, 3.63) is 11.4 Å². The number of nitrogen functional groups attached to an aromatic ring is 1. The molecule has 1 aliphatic rings. The van der Waals surface area contributed by atoms with Gasteiger partial charge in [0.15, 0.2) is 0 Å². The van der Waals surface area contributed by atoms with E-state index in [9.17, 15) is 0 Å². The molecule has 0 saturated carbocycles. The highest BCUT2D eigenvalue weighted by atomic mass is 32.1. The number of rotatable bonds is 2. The van der Waals surface area contributed by atoms with E-state index in [4.69, 9.17) is 5.84 Å². The van der Waals surface area contributed by atoms with Gasteiger partial charge in [-0.15, -0.1) is 11.3 Å². The summed E-state index contributed by atoms with van der Waals surface area (Å²) in [5, 5.41) is 3.20. The van der Waals surface area contributed by atoms with Crippen molar-refractivity contribution >= 4 is 33.3 Å². The molecule has 0 spiro atoms. The minimum absolute atomic E-state index is 0.502. The molecule has 6 heteroatoms. The van der Waals surface area contributed by atoms with Crippen LogP contribution in [0.2, 0.25) is 0 Å². The number of nitrogens with zero attached hydrogens (tertiary/aromatic N) is 3. The van der Waals surface area contributed by atoms with Crippen LogP contribution < -0.4 is 16.2 Å². The molecular formula is C13H19N5S. The van der Waals surface area contributed by atoms with Crippen molar-refractivity contribution in [2.45, 2.75) is 26.2 Å². The Morgan fingerprint density at radius 1 is 1.37 bits per heavy atom. The Balaban J connectivity index is 2.00. The van der Waals surface area contributed by atoms with Crippen LogP contribution in [0.5, 0.6) is 0 Å². The quantitative estimate of drug-likeness (QED) is 0.652. The number of nitrogens with two attached hydrogens (primary N) is 1. The third-order valence-corrected chi connectivity index (χ3v) is 4.56. The van der Waals surface area contributed by atoms with Crippen molar-refractivity contribution in [2.75, 3.05) is 23.4 Å². The summed E-state index contributed by atoms with van der Waals surface area (Å²) in [6, 6.07) is 2.10. The molecule has 1 unspecified atom stereocenters. The van der Waals surface area contributed by atoms with Gasteiger partial charge in [0.2, 0.25) is 5.95 Å². The Morgan fingerprint density at radius 3 is 3.11 bits per heavy atom. The Bertz CT molecular complexity index is 567. The largest absolute Gasteiger partial charge is 0.356 e. The van der Waals surface area contributed by atoms with Gasteiger partial charge in [-0.1, -0.05) is 6.92 Å². The van der Waals surface area contributed by atoms with Crippen molar-refractivity contribution in [1.29, 1.82) is 0 Å². The summed E-state index contributed by atoms with van der Waals surface area (Å²) in [6.07, 6.45) is 3.75. The van der Waals surface area contributed by atoms with E-state index >= 15 is 0 Å².